The topological polar surface area (TPSA) is 38.9 Å². The number of fused-ring (bicyclic) bond motifs is 3. The van der Waals surface area contributed by atoms with E-state index in [1.54, 1.807) is 0 Å². The predicted octanol–water partition coefficient (Wildman–Crippen LogP) is 11.3. The van der Waals surface area contributed by atoms with Gasteiger partial charge in [-0.1, -0.05) is 78.7 Å². The van der Waals surface area contributed by atoms with Crippen LogP contribution in [0, 0.1) is 12.1 Å². The van der Waals surface area contributed by atoms with E-state index in [0.29, 0.717) is 5.92 Å². The molecular weight excluding hydrogens is 825 g/mol. The largest absolute Gasteiger partial charge is 0.500 e. The van der Waals surface area contributed by atoms with Gasteiger partial charge >= 0.3 is 99.8 Å². The van der Waals surface area contributed by atoms with Gasteiger partial charge in [0.15, 0.2) is 0 Å². The molecule has 0 N–H and O–H groups in total. The molecule has 1 saturated carbocycles. The minimum absolute atomic E-state index is 0. The SMILES string of the molecule is [CH3][Ge]([CH3])([CH3])[c]1ccc(-c2[c-]cccc2)nc1.[Ir].[c-]1cc2oc3cc(-c4ccccc4)ccc3c2cc1-c1cc(C2CCCCC2)ccn1. The van der Waals surface area contributed by atoms with Crippen LogP contribution in [0.15, 0.2) is 126 Å². The summed E-state index contributed by atoms with van der Waals surface area (Å²) >= 11 is -1.72. The fourth-order valence-corrected chi connectivity index (χ4v) is 8.68. The zero-order valence-electron chi connectivity index (χ0n) is 27.8. The second-order valence-corrected chi connectivity index (χ2v) is 24.2. The quantitative estimate of drug-likeness (QED) is 0.128. The van der Waals surface area contributed by atoms with Crippen molar-refractivity contribution in [2.24, 2.45) is 0 Å². The maximum absolute atomic E-state index is 6.17. The zero-order chi connectivity index (χ0) is 32.2. The number of pyridine rings is 2. The van der Waals surface area contributed by atoms with Crippen molar-refractivity contribution in [3.8, 4) is 33.6 Å². The van der Waals surface area contributed by atoms with Crippen LogP contribution in [0.5, 0.6) is 0 Å². The van der Waals surface area contributed by atoms with Gasteiger partial charge in [-0.05, 0) is 47.7 Å². The van der Waals surface area contributed by atoms with Gasteiger partial charge in [-0.15, -0.1) is 23.8 Å². The summed E-state index contributed by atoms with van der Waals surface area (Å²) in [6, 6.07) is 44.4. The Morgan fingerprint density at radius 3 is 2.21 bits per heavy atom. The van der Waals surface area contributed by atoms with Crippen LogP contribution < -0.4 is 4.40 Å². The van der Waals surface area contributed by atoms with Crippen molar-refractivity contribution in [2.75, 3.05) is 0 Å². The van der Waals surface area contributed by atoms with Gasteiger partial charge < -0.3 is 9.40 Å². The predicted molar refractivity (Wildman–Crippen MR) is 199 cm³/mol. The average Bonchev–Trinajstić information content (AvgIpc) is 3.50. The van der Waals surface area contributed by atoms with Gasteiger partial charge in [0, 0.05) is 31.7 Å². The summed E-state index contributed by atoms with van der Waals surface area (Å²) in [4.78, 5) is 9.20. The smallest absolute Gasteiger partial charge is 0.121 e. The Labute approximate surface area is 300 Å². The summed E-state index contributed by atoms with van der Waals surface area (Å²) in [5, 5.41) is 2.25. The van der Waals surface area contributed by atoms with E-state index in [1.165, 1.54) is 53.2 Å². The van der Waals surface area contributed by atoms with Gasteiger partial charge in [0.05, 0.1) is 5.58 Å². The van der Waals surface area contributed by atoms with Crippen LogP contribution >= 0.6 is 0 Å². The fourth-order valence-electron chi connectivity index (χ4n) is 6.51. The summed E-state index contributed by atoms with van der Waals surface area (Å²) in [7, 11) is 0. The first kappa shape index (κ1) is 34.1. The molecule has 0 amide bonds. The Bertz CT molecular complexity index is 2100. The van der Waals surface area contributed by atoms with Crippen molar-refractivity contribution in [3.05, 3.63) is 139 Å². The number of furan rings is 1. The van der Waals surface area contributed by atoms with Crippen LogP contribution in [-0.2, 0) is 20.1 Å². The molecule has 1 aliphatic carbocycles. The molecular formula is C43H40GeIrN2O-2. The van der Waals surface area contributed by atoms with E-state index in [1.807, 2.05) is 48.8 Å². The summed E-state index contributed by atoms with van der Waals surface area (Å²) in [6.07, 6.45) is 10.6. The third-order valence-electron chi connectivity index (χ3n) is 9.26. The van der Waals surface area contributed by atoms with Gasteiger partial charge in [-0.2, -0.15) is 0 Å². The van der Waals surface area contributed by atoms with E-state index in [0.717, 1.165) is 44.5 Å². The molecule has 243 valence electrons. The molecule has 0 bridgehead atoms. The number of aromatic nitrogens is 2. The second-order valence-electron chi connectivity index (χ2n) is 13.6. The molecule has 0 spiro atoms. The Kier molecular flexibility index (Phi) is 10.8. The van der Waals surface area contributed by atoms with E-state index >= 15 is 0 Å². The van der Waals surface area contributed by atoms with Gasteiger partial charge in [-0.3, -0.25) is 0 Å². The van der Waals surface area contributed by atoms with Crippen molar-refractivity contribution in [1.82, 2.24) is 9.97 Å². The van der Waals surface area contributed by atoms with Crippen molar-refractivity contribution in [3.63, 3.8) is 0 Å². The fraction of sp³-hybridized carbons (Fsp3) is 0.209. The van der Waals surface area contributed by atoms with Crippen LogP contribution in [0.2, 0.25) is 17.3 Å². The normalized spacial score (nSPS) is 13.5. The zero-order valence-corrected chi connectivity index (χ0v) is 32.3. The number of nitrogens with zero attached hydrogens (tertiary/aromatic N) is 2. The number of hydrogen-bond acceptors (Lipinski definition) is 3. The van der Waals surface area contributed by atoms with Crippen LogP contribution in [0.1, 0.15) is 43.6 Å². The molecule has 0 atom stereocenters. The minimum Gasteiger partial charge on any atom is -0.500 e. The van der Waals surface area contributed by atoms with E-state index in [4.69, 9.17) is 4.42 Å². The number of benzene rings is 4. The maximum Gasteiger partial charge on any atom is 0.121 e. The van der Waals surface area contributed by atoms with E-state index in [2.05, 4.69) is 112 Å². The number of rotatable bonds is 5. The molecule has 4 aromatic carbocycles. The molecule has 3 aromatic heterocycles. The van der Waals surface area contributed by atoms with Crippen molar-refractivity contribution in [2.45, 2.75) is 55.3 Å². The molecule has 3 nitrogen and oxygen atoms in total. The number of hydrogen-bond donors (Lipinski definition) is 0. The van der Waals surface area contributed by atoms with Crippen LogP contribution in [-0.4, -0.2) is 23.2 Å². The third-order valence-corrected chi connectivity index (χ3v) is 13.5. The molecule has 1 radical (unpaired) electrons. The van der Waals surface area contributed by atoms with Crippen molar-refractivity contribution in [1.29, 1.82) is 0 Å². The Balaban J connectivity index is 0.000000201. The molecule has 0 aliphatic heterocycles. The molecule has 0 unspecified atom stereocenters. The van der Waals surface area contributed by atoms with Crippen molar-refractivity contribution >= 4 is 39.6 Å². The minimum atomic E-state index is -1.72. The van der Waals surface area contributed by atoms with Gasteiger partial charge in [-0.25, -0.2) is 0 Å². The Morgan fingerprint density at radius 1 is 0.667 bits per heavy atom. The van der Waals surface area contributed by atoms with Crippen LogP contribution in [0.3, 0.4) is 0 Å². The standard InChI is InChI=1S/C29H24NO.C14H16GeN.Ir/c1-3-7-20(8-4-1)22-11-13-25-26-17-24(12-14-28(26)31-29(25)19-22)27-18-23(15-16-30-27)21-9-5-2-6-10-21;1-15(2,3)13-9-10-14(16-11-13)12-7-5-4-6-8-12;/h1,3-4,7-8,11,13-19,21H,2,5-6,9-10H2;4-7,9-11H,1-3H3;/q2*-1;. The molecule has 5 heteroatoms. The molecule has 7 aromatic rings. The first-order valence-electron chi connectivity index (χ1n) is 16.8. The molecule has 0 saturated heterocycles. The van der Waals surface area contributed by atoms with Crippen LogP contribution in [0.4, 0.5) is 0 Å². The molecule has 1 fully saturated rings. The first-order chi connectivity index (χ1) is 22.9. The molecule has 48 heavy (non-hydrogen) atoms. The molecule has 3 heterocycles. The second kappa shape index (κ2) is 15.2. The summed E-state index contributed by atoms with van der Waals surface area (Å²) in [5.74, 6) is 7.81. The van der Waals surface area contributed by atoms with Crippen molar-refractivity contribution < 1.29 is 24.5 Å². The summed E-state index contributed by atoms with van der Waals surface area (Å²) < 4.78 is 7.62. The van der Waals surface area contributed by atoms with E-state index < -0.39 is 13.3 Å². The monoisotopic (exact) mass is 867 g/mol. The summed E-state index contributed by atoms with van der Waals surface area (Å²) in [6.45, 7) is 0. The van der Waals surface area contributed by atoms with E-state index in [9.17, 15) is 0 Å². The van der Waals surface area contributed by atoms with Gasteiger partial charge in [0.1, 0.15) is 5.58 Å². The Hall–Kier alpha value is -3.83. The average molecular weight is 866 g/mol. The first-order valence-corrected chi connectivity index (χ1v) is 24.1. The Morgan fingerprint density at radius 2 is 1.48 bits per heavy atom. The van der Waals surface area contributed by atoms with Gasteiger partial charge in [0.25, 0.3) is 0 Å². The molecule has 8 rings (SSSR count). The summed E-state index contributed by atoms with van der Waals surface area (Å²) in [5.41, 5.74) is 9.66. The molecule has 1 aliphatic rings. The van der Waals surface area contributed by atoms with E-state index in [-0.39, 0.29) is 20.1 Å². The maximum atomic E-state index is 6.17. The van der Waals surface area contributed by atoms with Crippen LogP contribution in [0.25, 0.3) is 55.6 Å². The third kappa shape index (κ3) is 7.73. The van der Waals surface area contributed by atoms with Gasteiger partial charge in [0.2, 0.25) is 0 Å².